The maximum Gasteiger partial charge on any atom is 0.375 e. The number of aliphatic carboxylic acids is 1. The lowest BCUT2D eigenvalue weighted by Gasteiger charge is -2.59. The van der Waals surface area contributed by atoms with Crippen molar-refractivity contribution in [3.8, 4) is 0 Å². The lowest BCUT2D eigenvalue weighted by atomic mass is 9.46. The van der Waals surface area contributed by atoms with Crippen LogP contribution < -0.4 is 0 Å². The lowest BCUT2D eigenvalue weighted by molar-refractivity contribution is -0.179. The number of fused-ring (bicyclic) bond motifs is 5. The molecule has 0 spiro atoms. The van der Waals surface area contributed by atoms with E-state index in [2.05, 4.69) is 6.58 Å². The minimum atomic E-state index is -2.18. The normalized spacial score (nSPS) is 47.1. The van der Waals surface area contributed by atoms with Crippen LogP contribution in [-0.4, -0.2) is 44.6 Å². The number of aliphatic hydroxyl groups excluding tert-OH is 1. The average molecular weight is 386 g/mol. The summed E-state index contributed by atoms with van der Waals surface area (Å²) in [6.07, 6.45) is 6.14. The fourth-order valence-corrected chi connectivity index (χ4v) is 6.86. The third kappa shape index (κ3) is 2.13. The van der Waals surface area contributed by atoms with Gasteiger partial charge in [0.25, 0.3) is 5.78 Å². The zero-order chi connectivity index (χ0) is 20.6. The number of Topliss-reactive ketones (excluding diaryl/α,β-unsaturated/α-hetero) is 1. The van der Waals surface area contributed by atoms with Crippen molar-refractivity contribution >= 4 is 17.5 Å². The molecule has 0 aromatic heterocycles. The summed E-state index contributed by atoms with van der Waals surface area (Å²) in [5.41, 5.74) is -2.49. The highest BCUT2D eigenvalue weighted by molar-refractivity contribution is 6.37. The van der Waals surface area contributed by atoms with Crippen molar-refractivity contribution in [2.45, 2.75) is 51.2 Å². The van der Waals surface area contributed by atoms with Gasteiger partial charge in [0.1, 0.15) is 0 Å². The number of allylic oxidation sites excluding steroid dienone is 4. The molecular weight excluding hydrogens is 360 g/mol. The highest BCUT2D eigenvalue weighted by Crippen LogP contribution is 2.68. The first-order valence-corrected chi connectivity index (χ1v) is 9.77. The monoisotopic (exact) mass is 386 g/mol. The van der Waals surface area contributed by atoms with Crippen LogP contribution in [0.15, 0.2) is 36.0 Å². The van der Waals surface area contributed by atoms with E-state index in [0.717, 1.165) is 12.0 Å². The van der Waals surface area contributed by atoms with Crippen molar-refractivity contribution in [1.82, 2.24) is 0 Å². The summed E-state index contributed by atoms with van der Waals surface area (Å²) in [6, 6.07) is 0. The Labute approximate surface area is 163 Å². The van der Waals surface area contributed by atoms with Gasteiger partial charge in [0.15, 0.2) is 11.4 Å². The van der Waals surface area contributed by atoms with E-state index in [-0.39, 0.29) is 35.5 Å². The molecule has 3 N–H and O–H groups in total. The van der Waals surface area contributed by atoms with Crippen LogP contribution in [-0.2, 0) is 14.4 Å². The Morgan fingerprint density at radius 3 is 2.61 bits per heavy atom. The maximum absolute atomic E-state index is 12.5. The maximum atomic E-state index is 12.5. The van der Waals surface area contributed by atoms with E-state index in [0.29, 0.717) is 12.8 Å². The Morgan fingerprint density at radius 1 is 1.29 bits per heavy atom. The molecule has 0 aliphatic heterocycles. The molecule has 4 aliphatic carbocycles. The molecule has 3 saturated carbocycles. The summed E-state index contributed by atoms with van der Waals surface area (Å²) in [4.78, 5) is 35.7. The molecule has 0 saturated heterocycles. The zero-order valence-corrected chi connectivity index (χ0v) is 16.1. The van der Waals surface area contributed by atoms with Crippen molar-refractivity contribution in [1.29, 1.82) is 0 Å². The topological polar surface area (TPSA) is 112 Å². The van der Waals surface area contributed by atoms with Crippen molar-refractivity contribution in [3.63, 3.8) is 0 Å². The van der Waals surface area contributed by atoms with E-state index in [1.807, 2.05) is 13.0 Å². The second-order valence-electron chi connectivity index (χ2n) is 9.36. The van der Waals surface area contributed by atoms with Gasteiger partial charge in [-0.1, -0.05) is 32.1 Å². The molecule has 0 radical (unpaired) electrons. The van der Waals surface area contributed by atoms with Crippen LogP contribution in [0, 0.1) is 28.6 Å². The summed E-state index contributed by atoms with van der Waals surface area (Å²) >= 11 is 0. The Hall–Kier alpha value is -2.05. The molecule has 0 bridgehead atoms. The molecule has 0 aromatic rings. The SMILES string of the molecule is C=C1C[C@H]2[C@@H]3CCC4=CC(=O)C=C[C@]4(C)[C@H]3C(O)C[C@]2(C)[C@@]1(O)C(=O)C(=O)O. The minimum absolute atomic E-state index is 0.0129. The summed E-state index contributed by atoms with van der Waals surface area (Å²) in [6.45, 7) is 7.61. The first-order chi connectivity index (χ1) is 13.0. The number of carbonyl (C=O) groups excluding carboxylic acids is 2. The number of carbonyl (C=O) groups is 3. The van der Waals surface area contributed by atoms with Crippen LogP contribution in [0.4, 0.5) is 0 Å². The summed E-state index contributed by atoms with van der Waals surface area (Å²) in [5.74, 6) is -3.33. The fraction of sp³-hybridized carbons (Fsp3) is 0.591. The molecular formula is C22H26O6. The summed E-state index contributed by atoms with van der Waals surface area (Å²) < 4.78 is 0. The Morgan fingerprint density at radius 2 is 1.96 bits per heavy atom. The first-order valence-electron chi connectivity index (χ1n) is 9.77. The van der Waals surface area contributed by atoms with Crippen LogP contribution in [0.3, 0.4) is 0 Å². The molecule has 1 unspecified atom stereocenters. The average Bonchev–Trinajstić information content (AvgIpc) is 2.82. The van der Waals surface area contributed by atoms with Gasteiger partial charge in [-0.2, -0.15) is 0 Å². The first kappa shape index (κ1) is 19.3. The van der Waals surface area contributed by atoms with E-state index in [1.54, 1.807) is 19.1 Å². The molecule has 28 heavy (non-hydrogen) atoms. The van der Waals surface area contributed by atoms with E-state index < -0.39 is 34.3 Å². The van der Waals surface area contributed by atoms with Gasteiger partial charge in [0.05, 0.1) is 6.10 Å². The molecule has 0 aromatic carbocycles. The Balaban J connectivity index is 1.80. The van der Waals surface area contributed by atoms with Gasteiger partial charge in [0.2, 0.25) is 0 Å². The van der Waals surface area contributed by atoms with Gasteiger partial charge in [-0.05, 0) is 55.2 Å². The van der Waals surface area contributed by atoms with Gasteiger partial charge in [-0.3, -0.25) is 9.59 Å². The molecule has 4 aliphatic rings. The molecule has 6 heteroatoms. The van der Waals surface area contributed by atoms with E-state index >= 15 is 0 Å². The van der Waals surface area contributed by atoms with Crippen LogP contribution in [0.1, 0.15) is 39.5 Å². The Bertz CT molecular complexity index is 868. The fourth-order valence-electron chi connectivity index (χ4n) is 6.86. The van der Waals surface area contributed by atoms with Crippen molar-refractivity contribution in [2.75, 3.05) is 0 Å². The number of aliphatic hydroxyl groups is 2. The lowest BCUT2D eigenvalue weighted by Crippen LogP contribution is -2.62. The molecule has 150 valence electrons. The smallest absolute Gasteiger partial charge is 0.375 e. The van der Waals surface area contributed by atoms with Crippen LogP contribution >= 0.6 is 0 Å². The molecule has 4 rings (SSSR count). The van der Waals surface area contributed by atoms with Crippen LogP contribution in [0.25, 0.3) is 0 Å². The number of carboxylic acids is 1. The largest absolute Gasteiger partial charge is 0.475 e. The van der Waals surface area contributed by atoms with Crippen molar-refractivity contribution < 1.29 is 29.7 Å². The molecule has 0 amide bonds. The number of ketones is 2. The number of hydrogen-bond acceptors (Lipinski definition) is 5. The molecule has 7 atom stereocenters. The second-order valence-corrected chi connectivity index (χ2v) is 9.36. The number of carboxylic acid groups (broad SMARTS) is 1. The zero-order valence-electron chi connectivity index (χ0n) is 16.1. The standard InChI is InChI=1S/C22H26O6/c1-11-8-15-14-5-4-12-9-13(23)6-7-20(12,2)17(14)16(24)10-21(15,3)22(11,28)18(25)19(26)27/h6-7,9,14-17,24,28H,1,4-5,8,10H2,2-3H3,(H,26,27)/t14-,15-,16?,17+,20-,21-,22-/m0/s1. The minimum Gasteiger partial charge on any atom is -0.475 e. The van der Waals surface area contributed by atoms with Crippen LogP contribution in [0.2, 0.25) is 0 Å². The number of hydrogen-bond donors (Lipinski definition) is 3. The van der Waals surface area contributed by atoms with Crippen molar-refractivity contribution in [2.24, 2.45) is 28.6 Å². The number of rotatable bonds is 2. The predicted octanol–water partition coefficient (Wildman–Crippen LogP) is 1.82. The quantitative estimate of drug-likeness (QED) is 0.493. The van der Waals surface area contributed by atoms with E-state index in [4.69, 9.17) is 0 Å². The van der Waals surface area contributed by atoms with E-state index in [1.165, 1.54) is 0 Å². The molecule has 3 fully saturated rings. The molecule has 0 heterocycles. The third-order valence-corrected chi connectivity index (χ3v) is 8.21. The molecule has 6 nitrogen and oxygen atoms in total. The predicted molar refractivity (Wildman–Crippen MR) is 100 cm³/mol. The highest BCUT2D eigenvalue weighted by atomic mass is 16.4. The van der Waals surface area contributed by atoms with Gasteiger partial charge >= 0.3 is 5.97 Å². The highest BCUT2D eigenvalue weighted by Gasteiger charge is 2.70. The Kier molecular flexibility index (Phi) is 3.95. The second kappa shape index (κ2) is 5.74. The van der Waals surface area contributed by atoms with Crippen molar-refractivity contribution in [3.05, 3.63) is 36.0 Å². The van der Waals surface area contributed by atoms with Gasteiger partial charge < -0.3 is 15.3 Å². The van der Waals surface area contributed by atoms with Gasteiger partial charge in [0, 0.05) is 16.7 Å². The summed E-state index contributed by atoms with van der Waals surface area (Å²) in [7, 11) is 0. The van der Waals surface area contributed by atoms with Gasteiger partial charge in [-0.15, -0.1) is 0 Å². The van der Waals surface area contributed by atoms with Gasteiger partial charge in [-0.25, -0.2) is 4.79 Å². The van der Waals surface area contributed by atoms with E-state index in [9.17, 15) is 29.7 Å². The summed E-state index contributed by atoms with van der Waals surface area (Å²) in [5, 5.41) is 31.7. The third-order valence-electron chi connectivity index (χ3n) is 8.21. The van der Waals surface area contributed by atoms with Crippen LogP contribution in [0.5, 0.6) is 0 Å².